The monoisotopic (exact) mass is 156 g/mol. The molecule has 1 aromatic rings. The van der Waals surface area contributed by atoms with Crippen molar-refractivity contribution in [3.63, 3.8) is 0 Å². The van der Waals surface area contributed by atoms with E-state index >= 15 is 0 Å². The van der Waals surface area contributed by atoms with Gasteiger partial charge in [0.25, 0.3) is 0 Å². The van der Waals surface area contributed by atoms with Crippen LogP contribution in [0.4, 0.5) is 0 Å². The summed E-state index contributed by atoms with van der Waals surface area (Å²) in [6.07, 6.45) is 0. The minimum atomic E-state index is 0.0805. The molecular formula is C7H9O2P. The van der Waals surface area contributed by atoms with Crippen molar-refractivity contribution < 1.29 is 9.63 Å². The molecule has 0 saturated heterocycles. The highest BCUT2D eigenvalue weighted by atomic mass is 31.0. The predicted molar refractivity (Wildman–Crippen MR) is 42.7 cm³/mol. The van der Waals surface area contributed by atoms with Crippen LogP contribution in [-0.2, 0) is 6.61 Å². The Labute approximate surface area is 62.1 Å². The van der Waals surface area contributed by atoms with E-state index in [0.717, 1.165) is 11.3 Å². The van der Waals surface area contributed by atoms with Gasteiger partial charge in [0.2, 0.25) is 0 Å². The summed E-state index contributed by atoms with van der Waals surface area (Å²) in [5, 5.41) is 8.66. The fourth-order valence-electron chi connectivity index (χ4n) is 0.673. The summed E-state index contributed by atoms with van der Waals surface area (Å²) in [6, 6.07) is 7.25. The van der Waals surface area contributed by atoms with Crippen LogP contribution in [0.2, 0.25) is 0 Å². The molecule has 0 aliphatic heterocycles. The second-order valence-corrected chi connectivity index (χ2v) is 2.16. The quantitative estimate of drug-likeness (QED) is 0.655. The zero-order chi connectivity index (χ0) is 7.40. The van der Waals surface area contributed by atoms with Gasteiger partial charge < -0.3 is 9.63 Å². The fraction of sp³-hybridized carbons (Fsp3) is 0.143. The van der Waals surface area contributed by atoms with E-state index in [9.17, 15) is 0 Å². The van der Waals surface area contributed by atoms with Gasteiger partial charge >= 0.3 is 0 Å². The summed E-state index contributed by atoms with van der Waals surface area (Å²) >= 11 is 0. The van der Waals surface area contributed by atoms with Gasteiger partial charge in [-0.3, -0.25) is 0 Å². The summed E-state index contributed by atoms with van der Waals surface area (Å²) < 4.78 is 4.85. The zero-order valence-electron chi connectivity index (χ0n) is 5.45. The Bertz CT molecular complexity index is 172. The summed E-state index contributed by atoms with van der Waals surface area (Å²) in [5.41, 5.74) is 0.894. The van der Waals surface area contributed by atoms with Crippen LogP contribution in [0.1, 0.15) is 5.56 Å². The Kier molecular flexibility index (Phi) is 2.67. The first kappa shape index (κ1) is 7.52. The van der Waals surface area contributed by atoms with Gasteiger partial charge in [-0.25, -0.2) is 0 Å². The Morgan fingerprint density at radius 2 is 1.90 bits per heavy atom. The van der Waals surface area contributed by atoms with Gasteiger partial charge in [0.15, 0.2) is 0 Å². The molecule has 54 valence electrons. The van der Waals surface area contributed by atoms with E-state index < -0.39 is 0 Å². The summed E-state index contributed by atoms with van der Waals surface area (Å²) in [5.74, 6) is 0.780. The molecule has 1 N–H and O–H groups in total. The number of hydrogen-bond acceptors (Lipinski definition) is 2. The molecule has 1 aromatic carbocycles. The van der Waals surface area contributed by atoms with E-state index in [0.29, 0.717) is 0 Å². The smallest absolute Gasteiger partial charge is 0.122 e. The molecule has 0 saturated carbocycles. The van der Waals surface area contributed by atoms with Gasteiger partial charge in [-0.05, 0) is 17.7 Å². The van der Waals surface area contributed by atoms with Crippen LogP contribution in [0.25, 0.3) is 0 Å². The van der Waals surface area contributed by atoms with Crippen molar-refractivity contribution >= 4 is 9.47 Å². The van der Waals surface area contributed by atoms with Crippen LogP contribution in [0, 0.1) is 0 Å². The molecule has 0 spiro atoms. The average molecular weight is 156 g/mol. The van der Waals surface area contributed by atoms with Crippen molar-refractivity contribution in [3.05, 3.63) is 29.8 Å². The van der Waals surface area contributed by atoms with Crippen LogP contribution < -0.4 is 4.52 Å². The normalized spacial score (nSPS) is 9.40. The number of benzene rings is 1. The first-order valence-electron chi connectivity index (χ1n) is 2.93. The molecule has 0 heterocycles. The first-order chi connectivity index (χ1) is 4.86. The van der Waals surface area contributed by atoms with Crippen molar-refractivity contribution in [2.24, 2.45) is 0 Å². The van der Waals surface area contributed by atoms with Crippen LogP contribution in [0.3, 0.4) is 0 Å². The number of aliphatic hydroxyl groups excluding tert-OH is 1. The van der Waals surface area contributed by atoms with E-state index in [1.54, 1.807) is 12.1 Å². The lowest BCUT2D eigenvalue weighted by Crippen LogP contribution is -1.81. The van der Waals surface area contributed by atoms with E-state index in [-0.39, 0.29) is 6.61 Å². The standard InChI is InChI=1S/C7H9O2P/c8-5-6-1-3-7(9-10)4-2-6/h1-4,8H,5,10H2. The maximum Gasteiger partial charge on any atom is 0.122 e. The largest absolute Gasteiger partial charge is 0.480 e. The average Bonchev–Trinajstić information content (AvgIpc) is 2.05. The third-order valence-corrected chi connectivity index (χ3v) is 1.51. The molecule has 0 radical (unpaired) electrons. The Morgan fingerprint density at radius 1 is 1.30 bits per heavy atom. The van der Waals surface area contributed by atoms with Crippen LogP contribution in [0.15, 0.2) is 24.3 Å². The molecule has 2 nitrogen and oxygen atoms in total. The summed E-state index contributed by atoms with van der Waals surface area (Å²) in [7, 11) is 2.16. The molecule has 0 aliphatic carbocycles. The maximum atomic E-state index is 8.66. The molecule has 3 heteroatoms. The van der Waals surface area contributed by atoms with Crippen LogP contribution in [0.5, 0.6) is 5.75 Å². The minimum absolute atomic E-state index is 0.0805. The van der Waals surface area contributed by atoms with E-state index in [2.05, 4.69) is 9.47 Å². The van der Waals surface area contributed by atoms with Crippen molar-refractivity contribution in [3.8, 4) is 5.75 Å². The highest BCUT2D eigenvalue weighted by Gasteiger charge is 1.89. The Balaban J connectivity index is 2.80. The maximum absolute atomic E-state index is 8.66. The van der Waals surface area contributed by atoms with Gasteiger partial charge in [-0.1, -0.05) is 12.1 Å². The number of aliphatic hydroxyl groups is 1. The molecule has 1 rings (SSSR count). The zero-order valence-corrected chi connectivity index (χ0v) is 6.60. The lowest BCUT2D eigenvalue weighted by molar-refractivity contribution is 0.282. The van der Waals surface area contributed by atoms with Gasteiger partial charge in [0.1, 0.15) is 5.75 Å². The van der Waals surface area contributed by atoms with Gasteiger partial charge in [0.05, 0.1) is 16.1 Å². The summed E-state index contributed by atoms with van der Waals surface area (Å²) in [6.45, 7) is 0.0805. The number of hydrogen-bond donors (Lipinski definition) is 1. The SMILES string of the molecule is OCc1ccc(OP)cc1. The van der Waals surface area contributed by atoms with Crippen molar-refractivity contribution in [2.75, 3.05) is 0 Å². The van der Waals surface area contributed by atoms with Crippen LogP contribution in [-0.4, -0.2) is 5.11 Å². The second-order valence-electron chi connectivity index (χ2n) is 1.92. The summed E-state index contributed by atoms with van der Waals surface area (Å²) in [4.78, 5) is 0. The second kappa shape index (κ2) is 3.55. The van der Waals surface area contributed by atoms with Crippen molar-refractivity contribution in [1.29, 1.82) is 0 Å². The van der Waals surface area contributed by atoms with Crippen LogP contribution >= 0.6 is 9.47 Å². The molecule has 1 unspecified atom stereocenters. The third kappa shape index (κ3) is 1.69. The van der Waals surface area contributed by atoms with Gasteiger partial charge in [-0.15, -0.1) is 0 Å². The highest BCUT2D eigenvalue weighted by Crippen LogP contribution is 2.13. The molecule has 0 bridgehead atoms. The molecule has 0 fully saturated rings. The van der Waals surface area contributed by atoms with E-state index in [1.165, 1.54) is 0 Å². The van der Waals surface area contributed by atoms with Gasteiger partial charge in [-0.2, -0.15) is 0 Å². The Morgan fingerprint density at radius 3 is 2.30 bits per heavy atom. The topological polar surface area (TPSA) is 29.5 Å². The predicted octanol–water partition coefficient (Wildman–Crippen LogP) is 1.35. The lowest BCUT2D eigenvalue weighted by atomic mass is 10.2. The Hall–Kier alpha value is -0.590. The molecule has 0 amide bonds. The van der Waals surface area contributed by atoms with E-state index in [4.69, 9.17) is 9.63 Å². The molecule has 1 atom stereocenters. The molecule has 0 aliphatic rings. The third-order valence-electron chi connectivity index (χ3n) is 1.24. The lowest BCUT2D eigenvalue weighted by Gasteiger charge is -1.98. The fourth-order valence-corrected chi connectivity index (χ4v) is 0.831. The molecular weight excluding hydrogens is 147 g/mol. The molecule has 10 heavy (non-hydrogen) atoms. The van der Waals surface area contributed by atoms with Crippen molar-refractivity contribution in [2.45, 2.75) is 6.61 Å². The van der Waals surface area contributed by atoms with E-state index in [1.807, 2.05) is 12.1 Å². The first-order valence-corrected chi connectivity index (χ1v) is 3.40. The van der Waals surface area contributed by atoms with Gasteiger partial charge in [0, 0.05) is 0 Å². The van der Waals surface area contributed by atoms with Crippen molar-refractivity contribution in [1.82, 2.24) is 0 Å². The highest BCUT2D eigenvalue weighted by molar-refractivity contribution is 7.10. The number of rotatable bonds is 2. The minimum Gasteiger partial charge on any atom is -0.480 e. The molecule has 0 aromatic heterocycles.